The number of rotatable bonds is 7. The molecule has 0 unspecified atom stereocenters. The molecule has 0 spiro atoms. The number of nitrogens with one attached hydrogen (secondary N) is 1. The van der Waals surface area contributed by atoms with Crippen LogP contribution in [0.5, 0.6) is 0 Å². The number of sulfonamides is 1. The number of anilines is 2. The maximum absolute atomic E-state index is 12.9. The summed E-state index contributed by atoms with van der Waals surface area (Å²) in [4.78, 5) is 11.9. The molecule has 0 fully saturated rings. The molecular formula is C18H18F4N2O3S. The van der Waals surface area contributed by atoms with Crippen LogP contribution in [0, 0.1) is 5.82 Å². The predicted octanol–water partition coefficient (Wildman–Crippen LogP) is 4.03. The van der Waals surface area contributed by atoms with E-state index in [0.29, 0.717) is 5.69 Å². The van der Waals surface area contributed by atoms with Crippen LogP contribution in [-0.2, 0) is 21.0 Å². The summed E-state index contributed by atoms with van der Waals surface area (Å²) in [7, 11) is -3.85. The largest absolute Gasteiger partial charge is 0.416 e. The standard InChI is InChI=1S/C18H18F4N2O3S/c1-28(26,27)24(16-5-2-4-13(12-16)18(20,21)22)11-3-6-17(25)23-15-9-7-14(19)8-10-15/h2,4-5,7-10,12H,3,6,11H2,1H3,(H,23,25). The molecule has 28 heavy (non-hydrogen) atoms. The van der Waals surface area contributed by atoms with Crippen LogP contribution in [0.25, 0.3) is 0 Å². The van der Waals surface area contributed by atoms with E-state index in [2.05, 4.69) is 5.32 Å². The minimum atomic E-state index is -4.60. The van der Waals surface area contributed by atoms with Crippen LogP contribution in [-0.4, -0.2) is 27.1 Å². The number of benzene rings is 2. The van der Waals surface area contributed by atoms with E-state index in [1.807, 2.05) is 0 Å². The van der Waals surface area contributed by atoms with Crippen molar-refractivity contribution in [3.8, 4) is 0 Å². The van der Waals surface area contributed by atoms with E-state index in [4.69, 9.17) is 0 Å². The highest BCUT2D eigenvalue weighted by atomic mass is 32.2. The number of hydrogen-bond acceptors (Lipinski definition) is 3. The molecule has 2 aromatic rings. The summed E-state index contributed by atoms with van der Waals surface area (Å²) in [5, 5.41) is 2.53. The molecule has 5 nitrogen and oxygen atoms in total. The summed E-state index contributed by atoms with van der Waals surface area (Å²) in [5.74, 6) is -0.882. The van der Waals surface area contributed by atoms with E-state index >= 15 is 0 Å². The summed E-state index contributed by atoms with van der Waals surface area (Å²) < 4.78 is 76.3. The topological polar surface area (TPSA) is 66.5 Å². The van der Waals surface area contributed by atoms with Gasteiger partial charge in [0.1, 0.15) is 5.82 Å². The van der Waals surface area contributed by atoms with Crippen LogP contribution in [0.1, 0.15) is 18.4 Å². The van der Waals surface area contributed by atoms with Gasteiger partial charge in [0.25, 0.3) is 0 Å². The van der Waals surface area contributed by atoms with E-state index in [0.717, 1.165) is 28.8 Å². The number of amides is 1. The molecule has 0 saturated heterocycles. The van der Waals surface area contributed by atoms with Crippen molar-refractivity contribution in [1.29, 1.82) is 0 Å². The molecule has 2 aromatic carbocycles. The second-order valence-corrected chi connectivity index (χ2v) is 7.95. The quantitative estimate of drug-likeness (QED) is 0.691. The molecule has 10 heteroatoms. The van der Waals surface area contributed by atoms with Gasteiger partial charge in [-0.2, -0.15) is 13.2 Å². The van der Waals surface area contributed by atoms with Crippen molar-refractivity contribution in [2.75, 3.05) is 22.4 Å². The third-order valence-corrected chi connectivity index (χ3v) is 4.95. The molecular weight excluding hydrogens is 400 g/mol. The summed E-state index contributed by atoms with van der Waals surface area (Å²) in [5.41, 5.74) is -0.715. The van der Waals surface area contributed by atoms with Gasteiger partial charge < -0.3 is 5.32 Å². The third kappa shape index (κ3) is 6.22. The molecule has 0 aliphatic carbocycles. The van der Waals surface area contributed by atoms with Crippen LogP contribution in [0.4, 0.5) is 28.9 Å². The molecule has 0 bridgehead atoms. The van der Waals surface area contributed by atoms with Gasteiger partial charge in [0.05, 0.1) is 17.5 Å². The van der Waals surface area contributed by atoms with Crippen molar-refractivity contribution >= 4 is 27.3 Å². The van der Waals surface area contributed by atoms with Gasteiger partial charge in [-0.15, -0.1) is 0 Å². The molecule has 152 valence electrons. The second kappa shape index (κ2) is 8.59. The SMILES string of the molecule is CS(=O)(=O)N(CCCC(=O)Nc1ccc(F)cc1)c1cccc(C(F)(F)F)c1. The molecule has 0 aromatic heterocycles. The van der Waals surface area contributed by atoms with Gasteiger partial charge in [-0.3, -0.25) is 9.10 Å². The zero-order valence-corrected chi connectivity index (χ0v) is 15.6. The Morgan fingerprint density at radius 2 is 1.75 bits per heavy atom. The van der Waals surface area contributed by atoms with Crippen molar-refractivity contribution in [2.45, 2.75) is 19.0 Å². The van der Waals surface area contributed by atoms with Gasteiger partial charge in [0.2, 0.25) is 15.9 Å². The Bertz CT molecular complexity index is 929. The first-order valence-corrected chi connectivity index (χ1v) is 10.0. The lowest BCUT2D eigenvalue weighted by atomic mass is 10.2. The van der Waals surface area contributed by atoms with E-state index in [1.165, 1.54) is 30.3 Å². The summed E-state index contributed by atoms with van der Waals surface area (Å²) >= 11 is 0. The molecule has 0 atom stereocenters. The van der Waals surface area contributed by atoms with Crippen molar-refractivity contribution in [3.63, 3.8) is 0 Å². The van der Waals surface area contributed by atoms with Crippen LogP contribution in [0.3, 0.4) is 0 Å². The molecule has 0 saturated carbocycles. The number of alkyl halides is 3. The van der Waals surface area contributed by atoms with Crippen LogP contribution < -0.4 is 9.62 Å². The second-order valence-electron chi connectivity index (χ2n) is 6.04. The van der Waals surface area contributed by atoms with Gasteiger partial charge in [-0.25, -0.2) is 12.8 Å². The number of hydrogen-bond donors (Lipinski definition) is 1. The van der Waals surface area contributed by atoms with E-state index < -0.39 is 33.5 Å². The zero-order valence-electron chi connectivity index (χ0n) is 14.8. The molecule has 2 rings (SSSR count). The lowest BCUT2D eigenvalue weighted by Crippen LogP contribution is -2.31. The zero-order chi connectivity index (χ0) is 20.9. The summed E-state index contributed by atoms with van der Waals surface area (Å²) in [6, 6.07) is 9.08. The fourth-order valence-corrected chi connectivity index (χ4v) is 3.42. The summed E-state index contributed by atoms with van der Waals surface area (Å²) in [6.07, 6.45) is -3.71. The van der Waals surface area contributed by atoms with Gasteiger partial charge in [0.15, 0.2) is 0 Å². The van der Waals surface area contributed by atoms with Crippen LogP contribution in [0.15, 0.2) is 48.5 Å². The molecule has 0 aliphatic rings. The highest BCUT2D eigenvalue weighted by molar-refractivity contribution is 7.92. The van der Waals surface area contributed by atoms with E-state index in [9.17, 15) is 30.8 Å². The van der Waals surface area contributed by atoms with Gasteiger partial charge in [-0.1, -0.05) is 6.07 Å². The molecule has 0 radical (unpaired) electrons. The van der Waals surface area contributed by atoms with E-state index in [-0.39, 0.29) is 25.1 Å². The van der Waals surface area contributed by atoms with Crippen LogP contribution in [0.2, 0.25) is 0 Å². The van der Waals surface area contributed by atoms with Gasteiger partial charge in [-0.05, 0) is 48.9 Å². The summed E-state index contributed by atoms with van der Waals surface area (Å²) in [6.45, 7) is -0.170. The van der Waals surface area contributed by atoms with Gasteiger partial charge >= 0.3 is 6.18 Å². The molecule has 1 amide bonds. The lowest BCUT2D eigenvalue weighted by molar-refractivity contribution is -0.137. The first kappa shape index (κ1) is 21.7. The fraction of sp³-hybridized carbons (Fsp3) is 0.278. The molecule has 0 aliphatic heterocycles. The highest BCUT2D eigenvalue weighted by Gasteiger charge is 2.31. The normalized spacial score (nSPS) is 11.9. The number of nitrogens with zero attached hydrogens (tertiary/aromatic N) is 1. The molecule has 0 heterocycles. The maximum atomic E-state index is 12.9. The monoisotopic (exact) mass is 418 g/mol. The Kier molecular flexibility index (Phi) is 6.65. The van der Waals surface area contributed by atoms with Crippen molar-refractivity contribution in [1.82, 2.24) is 0 Å². The Labute approximate surface area is 160 Å². The first-order valence-electron chi connectivity index (χ1n) is 8.17. The third-order valence-electron chi connectivity index (χ3n) is 3.75. The van der Waals surface area contributed by atoms with Crippen molar-refractivity contribution in [3.05, 3.63) is 59.9 Å². The Hall–Kier alpha value is -2.62. The smallest absolute Gasteiger partial charge is 0.326 e. The van der Waals surface area contributed by atoms with E-state index in [1.54, 1.807) is 0 Å². The minimum absolute atomic E-state index is 0.0671. The Balaban J connectivity index is 2.04. The van der Waals surface area contributed by atoms with Crippen LogP contribution >= 0.6 is 0 Å². The maximum Gasteiger partial charge on any atom is 0.416 e. The number of carbonyl (C=O) groups is 1. The first-order chi connectivity index (χ1) is 13.0. The number of carbonyl (C=O) groups excluding carboxylic acids is 1. The van der Waals surface area contributed by atoms with Crippen molar-refractivity contribution < 1.29 is 30.8 Å². The average Bonchev–Trinajstić information content (AvgIpc) is 2.59. The fourth-order valence-electron chi connectivity index (χ4n) is 2.46. The number of halogens is 4. The molecule has 1 N–H and O–H groups in total. The average molecular weight is 418 g/mol. The van der Waals surface area contributed by atoms with Gasteiger partial charge in [0, 0.05) is 18.7 Å². The minimum Gasteiger partial charge on any atom is -0.326 e. The predicted molar refractivity (Wildman–Crippen MR) is 97.9 cm³/mol. The Morgan fingerprint density at radius 1 is 1.11 bits per heavy atom. The Morgan fingerprint density at radius 3 is 2.32 bits per heavy atom. The highest BCUT2D eigenvalue weighted by Crippen LogP contribution is 2.32. The lowest BCUT2D eigenvalue weighted by Gasteiger charge is -2.23. The van der Waals surface area contributed by atoms with Crippen molar-refractivity contribution in [2.24, 2.45) is 0 Å².